The summed E-state index contributed by atoms with van der Waals surface area (Å²) in [5.74, 6) is -0.142. The molecule has 0 radical (unpaired) electrons. The van der Waals surface area contributed by atoms with Gasteiger partial charge in [0, 0.05) is 24.7 Å². The molecule has 2 heterocycles. The number of anilines is 1. The second-order valence-electron chi connectivity index (χ2n) is 6.49. The average Bonchev–Trinajstić information content (AvgIpc) is 2.70. The van der Waals surface area contributed by atoms with Gasteiger partial charge in [-0.1, -0.05) is 42.5 Å². The Labute approximate surface area is 161 Å². The number of carbonyl (C=O) groups excluding carboxylic acids is 1. The van der Waals surface area contributed by atoms with Crippen molar-refractivity contribution in [3.05, 3.63) is 89.0 Å². The molecule has 2 aromatic heterocycles. The van der Waals surface area contributed by atoms with E-state index >= 15 is 0 Å². The quantitative estimate of drug-likeness (QED) is 0.597. The van der Waals surface area contributed by atoms with Gasteiger partial charge in [0.25, 0.3) is 5.56 Å². The van der Waals surface area contributed by atoms with Crippen molar-refractivity contribution in [2.75, 3.05) is 5.32 Å². The molecule has 1 amide bonds. The average molecular weight is 370 g/mol. The van der Waals surface area contributed by atoms with Gasteiger partial charge in [-0.2, -0.15) is 4.98 Å². The molecule has 2 aromatic carbocycles. The molecule has 0 aliphatic heterocycles. The molecule has 0 saturated carbocycles. The predicted molar refractivity (Wildman–Crippen MR) is 109 cm³/mol. The second-order valence-corrected chi connectivity index (χ2v) is 6.49. The predicted octanol–water partition coefficient (Wildman–Crippen LogP) is 3.47. The first-order valence-electron chi connectivity index (χ1n) is 8.88. The molecule has 28 heavy (non-hydrogen) atoms. The number of aromatic nitrogens is 3. The molecule has 0 aliphatic rings. The molecule has 0 spiro atoms. The number of benzene rings is 2. The maximum atomic E-state index is 12.3. The van der Waals surface area contributed by atoms with E-state index in [9.17, 15) is 9.59 Å². The van der Waals surface area contributed by atoms with Gasteiger partial charge in [0.15, 0.2) is 5.52 Å². The Morgan fingerprint density at radius 1 is 1.04 bits per heavy atom. The van der Waals surface area contributed by atoms with Gasteiger partial charge in [-0.25, -0.2) is 4.98 Å². The fraction of sp³-hybridized carbons (Fsp3) is 0.0909. The van der Waals surface area contributed by atoms with E-state index in [-0.39, 0.29) is 11.5 Å². The van der Waals surface area contributed by atoms with Crippen molar-refractivity contribution in [3.8, 4) is 11.3 Å². The monoisotopic (exact) mass is 370 g/mol. The van der Waals surface area contributed by atoms with E-state index in [4.69, 9.17) is 0 Å². The van der Waals surface area contributed by atoms with Gasteiger partial charge in [0.05, 0.1) is 17.5 Å². The van der Waals surface area contributed by atoms with E-state index in [0.29, 0.717) is 23.4 Å². The van der Waals surface area contributed by atoms with Gasteiger partial charge in [-0.05, 0) is 29.8 Å². The fourth-order valence-corrected chi connectivity index (χ4v) is 3.11. The summed E-state index contributed by atoms with van der Waals surface area (Å²) in [5.41, 5.74) is 3.94. The van der Waals surface area contributed by atoms with Crippen LogP contribution in [0.4, 0.5) is 5.69 Å². The lowest BCUT2D eigenvalue weighted by Gasteiger charge is -2.11. The Bertz CT molecular complexity index is 1220. The van der Waals surface area contributed by atoms with E-state index in [1.807, 2.05) is 65.2 Å². The van der Waals surface area contributed by atoms with Crippen LogP contribution in [0.5, 0.6) is 0 Å². The van der Waals surface area contributed by atoms with E-state index in [2.05, 4.69) is 15.3 Å². The van der Waals surface area contributed by atoms with Gasteiger partial charge in [-0.15, -0.1) is 0 Å². The zero-order valence-electron chi connectivity index (χ0n) is 15.3. The largest absolute Gasteiger partial charge is 0.326 e. The summed E-state index contributed by atoms with van der Waals surface area (Å²) in [6.45, 7) is 2.06. The van der Waals surface area contributed by atoms with Crippen molar-refractivity contribution in [3.63, 3.8) is 0 Å². The van der Waals surface area contributed by atoms with Crippen molar-refractivity contribution in [2.24, 2.45) is 0 Å². The molecule has 4 rings (SSSR count). The number of fused-ring (bicyclic) bond motifs is 1. The Hall–Kier alpha value is -3.80. The smallest absolute Gasteiger partial charge is 0.299 e. The van der Waals surface area contributed by atoms with Gasteiger partial charge in [0.2, 0.25) is 5.91 Å². The molecule has 0 bridgehead atoms. The lowest BCUT2D eigenvalue weighted by molar-refractivity contribution is -0.114. The third-order valence-electron chi connectivity index (χ3n) is 4.37. The zero-order chi connectivity index (χ0) is 19.5. The first-order chi connectivity index (χ1) is 13.6. The molecular formula is C22H18N4O2. The SMILES string of the molecule is CC(=O)Nc1cccc(-c2ccc3c(n2)c(=O)ncn3Cc2ccccc2)c1. The summed E-state index contributed by atoms with van der Waals surface area (Å²) in [6, 6.07) is 21.1. The minimum atomic E-state index is -0.362. The maximum absolute atomic E-state index is 12.3. The zero-order valence-corrected chi connectivity index (χ0v) is 15.3. The van der Waals surface area contributed by atoms with Gasteiger partial charge in [0.1, 0.15) is 0 Å². The molecule has 0 fully saturated rings. The highest BCUT2D eigenvalue weighted by molar-refractivity contribution is 5.89. The third kappa shape index (κ3) is 3.66. The number of hydrogen-bond donors (Lipinski definition) is 1. The molecule has 138 valence electrons. The van der Waals surface area contributed by atoms with E-state index in [1.165, 1.54) is 6.92 Å². The van der Waals surface area contributed by atoms with Crippen LogP contribution in [0.2, 0.25) is 0 Å². The standard InChI is InChI=1S/C22H18N4O2/c1-15(27)24-18-9-5-8-17(12-18)19-10-11-20-21(25-19)22(28)23-14-26(20)13-16-6-3-2-4-7-16/h2-12,14H,13H2,1H3,(H,24,27). The summed E-state index contributed by atoms with van der Waals surface area (Å²) in [4.78, 5) is 32.2. The van der Waals surface area contributed by atoms with Crippen LogP contribution in [-0.2, 0) is 11.3 Å². The number of carbonyl (C=O) groups is 1. The summed E-state index contributed by atoms with van der Waals surface area (Å²) >= 11 is 0. The van der Waals surface area contributed by atoms with Gasteiger partial charge in [-0.3, -0.25) is 9.59 Å². The first kappa shape index (κ1) is 17.6. The number of rotatable bonds is 4. The molecule has 0 saturated heterocycles. The van der Waals surface area contributed by atoms with Crippen molar-refractivity contribution in [2.45, 2.75) is 13.5 Å². The Morgan fingerprint density at radius 3 is 2.64 bits per heavy atom. The van der Waals surface area contributed by atoms with Crippen LogP contribution in [0.15, 0.2) is 77.9 Å². The highest BCUT2D eigenvalue weighted by Crippen LogP contribution is 2.23. The van der Waals surface area contributed by atoms with Crippen LogP contribution in [0.3, 0.4) is 0 Å². The summed E-state index contributed by atoms with van der Waals surface area (Å²) in [6.07, 6.45) is 1.55. The topological polar surface area (TPSA) is 76.9 Å². The first-order valence-corrected chi connectivity index (χ1v) is 8.88. The molecule has 1 N–H and O–H groups in total. The van der Waals surface area contributed by atoms with Crippen LogP contribution in [0, 0.1) is 0 Å². The van der Waals surface area contributed by atoms with E-state index < -0.39 is 0 Å². The maximum Gasteiger partial charge on any atom is 0.299 e. The van der Waals surface area contributed by atoms with Crippen LogP contribution in [0.1, 0.15) is 12.5 Å². The highest BCUT2D eigenvalue weighted by Gasteiger charge is 2.09. The van der Waals surface area contributed by atoms with Gasteiger partial charge < -0.3 is 9.88 Å². The minimum Gasteiger partial charge on any atom is -0.326 e. The van der Waals surface area contributed by atoms with Crippen molar-refractivity contribution in [1.29, 1.82) is 0 Å². The molecule has 6 nitrogen and oxygen atoms in total. The Morgan fingerprint density at radius 2 is 1.86 bits per heavy atom. The molecule has 4 aromatic rings. The van der Waals surface area contributed by atoms with Crippen molar-refractivity contribution >= 4 is 22.6 Å². The number of nitrogens with one attached hydrogen (secondary N) is 1. The number of nitrogens with zero attached hydrogens (tertiary/aromatic N) is 3. The van der Waals surface area contributed by atoms with Crippen LogP contribution in [0.25, 0.3) is 22.3 Å². The summed E-state index contributed by atoms with van der Waals surface area (Å²) in [5, 5.41) is 2.75. The Balaban J connectivity index is 1.76. The lowest BCUT2D eigenvalue weighted by Crippen LogP contribution is -2.14. The number of hydrogen-bond acceptors (Lipinski definition) is 4. The summed E-state index contributed by atoms with van der Waals surface area (Å²) in [7, 11) is 0. The molecule has 0 aliphatic carbocycles. The highest BCUT2D eigenvalue weighted by atomic mass is 16.1. The molecule has 0 unspecified atom stereocenters. The Kier molecular flexibility index (Phi) is 4.68. The lowest BCUT2D eigenvalue weighted by atomic mass is 10.1. The second kappa shape index (κ2) is 7.44. The summed E-state index contributed by atoms with van der Waals surface area (Å²) < 4.78 is 1.91. The third-order valence-corrected chi connectivity index (χ3v) is 4.37. The molecular weight excluding hydrogens is 352 g/mol. The van der Waals surface area contributed by atoms with Crippen LogP contribution >= 0.6 is 0 Å². The molecule has 6 heteroatoms. The number of amides is 1. The fourth-order valence-electron chi connectivity index (χ4n) is 3.11. The van der Waals surface area contributed by atoms with E-state index in [0.717, 1.165) is 16.6 Å². The van der Waals surface area contributed by atoms with Crippen molar-refractivity contribution < 1.29 is 4.79 Å². The molecule has 0 atom stereocenters. The van der Waals surface area contributed by atoms with Crippen LogP contribution < -0.4 is 10.9 Å². The minimum absolute atomic E-state index is 0.142. The number of pyridine rings is 1. The van der Waals surface area contributed by atoms with Gasteiger partial charge >= 0.3 is 0 Å². The van der Waals surface area contributed by atoms with E-state index in [1.54, 1.807) is 12.4 Å². The normalized spacial score (nSPS) is 10.8. The van der Waals surface area contributed by atoms with Crippen molar-refractivity contribution in [1.82, 2.24) is 14.5 Å². The van der Waals surface area contributed by atoms with Crippen LogP contribution in [-0.4, -0.2) is 20.4 Å².